The predicted molar refractivity (Wildman–Crippen MR) is 118 cm³/mol. The molecular weight excluding hydrogens is 346 g/mol. The van der Waals surface area contributed by atoms with Crippen LogP contribution < -0.4 is 16.2 Å². The van der Waals surface area contributed by atoms with Crippen LogP contribution in [-0.4, -0.2) is 12.5 Å². The quantitative estimate of drug-likeness (QED) is 0.542. The summed E-state index contributed by atoms with van der Waals surface area (Å²) in [5, 5.41) is 5.45. The zero-order valence-electron chi connectivity index (χ0n) is 16.7. The topological polar surface area (TPSA) is 53.2 Å². The lowest BCUT2D eigenvalue weighted by molar-refractivity contribution is -0.120. The van der Waals surface area contributed by atoms with E-state index in [-0.39, 0.29) is 17.9 Å². The van der Waals surface area contributed by atoms with E-state index in [1.807, 2.05) is 42.5 Å². The minimum atomic E-state index is -0.166. The highest BCUT2D eigenvalue weighted by Gasteiger charge is 2.13. The lowest BCUT2D eigenvalue weighted by atomic mass is 9.86. The number of benzene rings is 3. The van der Waals surface area contributed by atoms with E-state index in [1.54, 1.807) is 0 Å². The van der Waals surface area contributed by atoms with Crippen LogP contribution in [0.4, 0.5) is 5.69 Å². The molecule has 0 aliphatic carbocycles. The number of hydrogen-bond donors (Lipinski definition) is 3. The van der Waals surface area contributed by atoms with E-state index in [4.69, 9.17) is 0 Å². The van der Waals surface area contributed by atoms with Crippen molar-refractivity contribution in [1.29, 1.82) is 0 Å². The fourth-order valence-corrected chi connectivity index (χ4v) is 2.91. The van der Waals surface area contributed by atoms with E-state index in [0.29, 0.717) is 5.70 Å². The molecule has 28 heavy (non-hydrogen) atoms. The van der Waals surface area contributed by atoms with Gasteiger partial charge in [0, 0.05) is 5.69 Å². The average molecular weight is 374 g/mol. The average Bonchev–Trinajstić information content (AvgIpc) is 2.69. The molecular formula is C24H27N3O. The lowest BCUT2D eigenvalue weighted by Gasteiger charge is -2.19. The lowest BCUT2D eigenvalue weighted by Crippen LogP contribution is -2.39. The number of rotatable bonds is 6. The summed E-state index contributed by atoms with van der Waals surface area (Å²) >= 11 is 0. The zero-order valence-corrected chi connectivity index (χ0v) is 16.7. The molecule has 144 valence electrons. The summed E-state index contributed by atoms with van der Waals surface area (Å²) in [7, 11) is 0. The van der Waals surface area contributed by atoms with Crippen molar-refractivity contribution < 1.29 is 4.79 Å². The van der Waals surface area contributed by atoms with E-state index >= 15 is 0 Å². The molecule has 0 radical (unpaired) electrons. The monoisotopic (exact) mass is 373 g/mol. The largest absolute Gasteiger partial charge is 0.376 e. The number of hydrazine groups is 1. The first kappa shape index (κ1) is 19.5. The summed E-state index contributed by atoms with van der Waals surface area (Å²) < 4.78 is 0. The summed E-state index contributed by atoms with van der Waals surface area (Å²) in [5.41, 5.74) is 9.44. The van der Waals surface area contributed by atoms with Gasteiger partial charge in [0.25, 0.3) is 5.91 Å². The molecule has 0 heterocycles. The Balaban J connectivity index is 1.50. The first-order chi connectivity index (χ1) is 13.3. The van der Waals surface area contributed by atoms with Gasteiger partial charge in [-0.3, -0.25) is 15.6 Å². The molecule has 3 rings (SSSR count). The van der Waals surface area contributed by atoms with E-state index in [1.165, 1.54) is 10.9 Å². The minimum absolute atomic E-state index is 0.107. The molecule has 0 saturated carbocycles. The van der Waals surface area contributed by atoms with Crippen molar-refractivity contribution in [3.63, 3.8) is 0 Å². The van der Waals surface area contributed by atoms with Gasteiger partial charge in [0.2, 0.25) is 0 Å². The van der Waals surface area contributed by atoms with E-state index in [2.05, 4.69) is 67.8 Å². The van der Waals surface area contributed by atoms with E-state index in [9.17, 15) is 4.79 Å². The van der Waals surface area contributed by atoms with Crippen molar-refractivity contribution in [3.05, 3.63) is 84.4 Å². The first-order valence-corrected chi connectivity index (χ1v) is 9.40. The summed E-state index contributed by atoms with van der Waals surface area (Å²) in [5.74, 6) is -0.166. The molecule has 0 aliphatic rings. The highest BCUT2D eigenvalue weighted by Crippen LogP contribution is 2.23. The second kappa shape index (κ2) is 8.17. The molecule has 0 aliphatic heterocycles. The third kappa shape index (κ3) is 4.92. The van der Waals surface area contributed by atoms with Gasteiger partial charge in [0.15, 0.2) is 0 Å². The molecule has 4 nitrogen and oxygen atoms in total. The third-order valence-corrected chi connectivity index (χ3v) is 4.65. The van der Waals surface area contributed by atoms with Gasteiger partial charge in [-0.25, -0.2) is 0 Å². The van der Waals surface area contributed by atoms with Crippen molar-refractivity contribution in [2.75, 3.05) is 11.9 Å². The Labute approximate surface area is 166 Å². The van der Waals surface area contributed by atoms with Crippen LogP contribution in [0.25, 0.3) is 16.5 Å². The molecule has 1 amide bonds. The maximum absolute atomic E-state index is 12.1. The molecule has 0 aromatic heterocycles. The second-order valence-corrected chi connectivity index (χ2v) is 7.89. The van der Waals surface area contributed by atoms with Crippen LogP contribution in [0.1, 0.15) is 31.9 Å². The van der Waals surface area contributed by atoms with Gasteiger partial charge in [-0.2, -0.15) is 0 Å². The van der Waals surface area contributed by atoms with Gasteiger partial charge < -0.3 is 5.32 Å². The molecule has 4 heteroatoms. The van der Waals surface area contributed by atoms with Gasteiger partial charge in [0.1, 0.15) is 0 Å². The van der Waals surface area contributed by atoms with E-state index in [0.717, 1.165) is 16.6 Å². The van der Waals surface area contributed by atoms with Crippen molar-refractivity contribution in [2.45, 2.75) is 26.2 Å². The summed E-state index contributed by atoms with van der Waals surface area (Å²) in [4.78, 5) is 12.1. The summed E-state index contributed by atoms with van der Waals surface area (Å²) in [6.45, 7) is 10.7. The van der Waals surface area contributed by atoms with Crippen molar-refractivity contribution >= 4 is 28.1 Å². The molecule has 0 atom stereocenters. The number of amides is 1. The smallest absolute Gasteiger partial charge is 0.257 e. The highest BCUT2D eigenvalue weighted by molar-refractivity contribution is 5.87. The van der Waals surface area contributed by atoms with Gasteiger partial charge in [-0.05, 0) is 39.4 Å². The fraction of sp³-hybridized carbons (Fsp3) is 0.208. The normalized spacial score (nSPS) is 11.1. The number of carbonyl (C=O) groups is 1. The Morgan fingerprint density at radius 2 is 1.57 bits per heavy atom. The summed E-state index contributed by atoms with van der Waals surface area (Å²) in [6.07, 6.45) is 0. The number of hydrogen-bond acceptors (Lipinski definition) is 3. The molecule has 3 aromatic carbocycles. The summed E-state index contributed by atoms with van der Waals surface area (Å²) in [6, 6.07) is 22.4. The Kier molecular flexibility index (Phi) is 5.69. The zero-order chi connectivity index (χ0) is 20.1. The Bertz CT molecular complexity index is 985. The van der Waals surface area contributed by atoms with Gasteiger partial charge in [0.05, 0.1) is 12.2 Å². The van der Waals surface area contributed by atoms with Crippen LogP contribution in [0.2, 0.25) is 0 Å². The van der Waals surface area contributed by atoms with Gasteiger partial charge >= 0.3 is 0 Å². The van der Waals surface area contributed by atoms with E-state index < -0.39 is 0 Å². The fourth-order valence-electron chi connectivity index (χ4n) is 2.91. The maximum Gasteiger partial charge on any atom is 0.257 e. The van der Waals surface area contributed by atoms with Crippen LogP contribution in [0.5, 0.6) is 0 Å². The molecule has 0 fully saturated rings. The molecule has 3 N–H and O–H groups in total. The van der Waals surface area contributed by atoms with Crippen LogP contribution >= 0.6 is 0 Å². The Morgan fingerprint density at radius 3 is 2.25 bits per heavy atom. The van der Waals surface area contributed by atoms with Crippen molar-refractivity contribution in [1.82, 2.24) is 10.9 Å². The number of anilines is 1. The molecule has 3 aromatic rings. The Hall–Kier alpha value is -3.27. The van der Waals surface area contributed by atoms with Crippen LogP contribution in [-0.2, 0) is 10.2 Å². The van der Waals surface area contributed by atoms with Crippen molar-refractivity contribution in [3.8, 4) is 0 Å². The predicted octanol–water partition coefficient (Wildman–Crippen LogP) is 4.84. The Morgan fingerprint density at radius 1 is 0.893 bits per heavy atom. The van der Waals surface area contributed by atoms with Crippen LogP contribution in [0.3, 0.4) is 0 Å². The SMILES string of the molecule is C=C(NNC(=O)CNc1ccc2ccccc2c1)c1ccc(C(C)(C)C)cc1. The molecule has 0 unspecified atom stereocenters. The van der Waals surface area contributed by atoms with Gasteiger partial charge in [-0.1, -0.05) is 81.9 Å². The molecule has 0 saturated heterocycles. The third-order valence-electron chi connectivity index (χ3n) is 4.65. The standard InChI is InChI=1S/C24H27N3O/c1-17(18-9-12-21(13-10-18)24(2,3)4)26-27-23(28)16-25-22-14-11-19-7-5-6-8-20(19)15-22/h5-15,25-26H,1,16H2,2-4H3,(H,27,28). The van der Waals surface area contributed by atoms with Gasteiger partial charge in [-0.15, -0.1) is 0 Å². The molecule has 0 bridgehead atoms. The van der Waals surface area contributed by atoms with Crippen LogP contribution in [0.15, 0.2) is 73.3 Å². The maximum atomic E-state index is 12.1. The molecule has 0 spiro atoms. The van der Waals surface area contributed by atoms with Crippen molar-refractivity contribution in [2.24, 2.45) is 0 Å². The van der Waals surface area contributed by atoms with Crippen LogP contribution in [0, 0.1) is 0 Å². The second-order valence-electron chi connectivity index (χ2n) is 7.89. The number of fused-ring (bicyclic) bond motifs is 1. The number of nitrogens with one attached hydrogen (secondary N) is 3. The highest BCUT2D eigenvalue weighted by atomic mass is 16.2. The first-order valence-electron chi connectivity index (χ1n) is 9.40. The minimum Gasteiger partial charge on any atom is -0.376 e. The number of carbonyl (C=O) groups excluding carboxylic acids is 1.